The number of hydrogen-bond acceptors (Lipinski definition) is 3. The summed E-state index contributed by atoms with van der Waals surface area (Å²) in [5.41, 5.74) is 2.75. The predicted octanol–water partition coefficient (Wildman–Crippen LogP) is 5.17. The molecule has 4 rings (SSSR count). The maximum Gasteiger partial charge on any atom is 0.205 e. The van der Waals surface area contributed by atoms with Crippen molar-refractivity contribution in [2.24, 2.45) is 7.05 Å². The number of para-hydroxylation sites is 2. The van der Waals surface area contributed by atoms with E-state index in [4.69, 9.17) is 11.6 Å². The van der Waals surface area contributed by atoms with Gasteiger partial charge in [-0.1, -0.05) is 48.0 Å². The molecule has 2 heterocycles. The third-order valence-corrected chi connectivity index (χ3v) is 4.81. The number of rotatable bonds is 3. The second-order valence-electron chi connectivity index (χ2n) is 6.23. The molecule has 0 fully saturated rings. The lowest BCUT2D eigenvalue weighted by molar-refractivity contribution is 0.104. The summed E-state index contributed by atoms with van der Waals surface area (Å²) in [6.07, 6.45) is 3.25. The zero-order chi connectivity index (χ0) is 19.0. The second kappa shape index (κ2) is 6.71. The lowest BCUT2D eigenvalue weighted by atomic mass is 10.0. The molecule has 2 aromatic carbocycles. The van der Waals surface area contributed by atoms with Crippen LogP contribution in [0.25, 0.3) is 27.9 Å². The van der Waals surface area contributed by atoms with Gasteiger partial charge in [-0.3, -0.25) is 4.79 Å². The van der Waals surface area contributed by atoms with Crippen molar-refractivity contribution in [1.82, 2.24) is 9.55 Å². The van der Waals surface area contributed by atoms with Crippen molar-refractivity contribution in [3.05, 3.63) is 82.6 Å². The Balaban J connectivity index is 1.83. The van der Waals surface area contributed by atoms with E-state index >= 15 is 0 Å². The second-order valence-corrected chi connectivity index (χ2v) is 6.59. The van der Waals surface area contributed by atoms with Crippen molar-refractivity contribution in [2.45, 2.75) is 0 Å². The monoisotopic (exact) mass is 371 g/mol. The maximum atomic E-state index is 13.0. The number of allylic oxidation sites excluding steroid dienone is 1. The first-order valence-electron chi connectivity index (χ1n) is 8.34. The molecule has 0 radical (unpaired) electrons. The van der Waals surface area contributed by atoms with E-state index in [1.807, 2.05) is 72.3 Å². The van der Waals surface area contributed by atoms with Gasteiger partial charge in [-0.25, -0.2) is 4.98 Å². The van der Waals surface area contributed by atoms with Crippen LogP contribution in [0.2, 0.25) is 5.15 Å². The van der Waals surface area contributed by atoms with Crippen LogP contribution in [0.1, 0.15) is 15.9 Å². The molecule has 0 atom stereocenters. The summed E-state index contributed by atoms with van der Waals surface area (Å²) in [5, 5.41) is 11.6. The van der Waals surface area contributed by atoms with E-state index in [2.05, 4.69) is 4.98 Å². The molecule has 2 aromatic heterocycles. The first kappa shape index (κ1) is 17.0. The summed E-state index contributed by atoms with van der Waals surface area (Å²) in [4.78, 5) is 17.4. The minimum Gasteiger partial charge on any atom is -0.350 e. The molecule has 0 saturated heterocycles. The van der Waals surface area contributed by atoms with Crippen molar-refractivity contribution in [3.8, 4) is 6.07 Å². The van der Waals surface area contributed by atoms with Gasteiger partial charge in [-0.15, -0.1) is 0 Å². The number of hydrogen-bond donors (Lipinski definition) is 0. The summed E-state index contributed by atoms with van der Waals surface area (Å²) < 4.78 is 1.88. The molecule has 0 spiro atoms. The van der Waals surface area contributed by atoms with E-state index < -0.39 is 0 Å². The summed E-state index contributed by atoms with van der Waals surface area (Å²) in [6.45, 7) is 0. The van der Waals surface area contributed by atoms with Crippen LogP contribution in [0.3, 0.4) is 0 Å². The van der Waals surface area contributed by atoms with Crippen molar-refractivity contribution >= 4 is 45.3 Å². The number of nitriles is 1. The zero-order valence-electron chi connectivity index (χ0n) is 14.5. The summed E-state index contributed by atoms with van der Waals surface area (Å²) >= 11 is 6.27. The van der Waals surface area contributed by atoms with Crippen LogP contribution in [-0.4, -0.2) is 15.3 Å². The van der Waals surface area contributed by atoms with Crippen LogP contribution in [0.15, 0.2) is 66.4 Å². The summed E-state index contributed by atoms with van der Waals surface area (Å²) in [7, 11) is 1.87. The largest absolute Gasteiger partial charge is 0.350 e. The Hall–Kier alpha value is -3.42. The van der Waals surface area contributed by atoms with E-state index in [1.54, 1.807) is 6.20 Å². The molecule has 0 unspecified atom stereocenters. The van der Waals surface area contributed by atoms with Gasteiger partial charge in [-0.05, 0) is 24.3 Å². The van der Waals surface area contributed by atoms with Gasteiger partial charge >= 0.3 is 0 Å². The molecule has 27 heavy (non-hydrogen) atoms. The molecule has 0 aliphatic carbocycles. The molecule has 5 heteroatoms. The standard InChI is InChI=1S/C22H14ClN3O/c1-26-13-18(17-7-3-5-9-20(17)26)21(27)16(12-24)11-15-10-14-6-2-4-8-19(14)25-22(15)23/h2-11,13H,1H3/b16-11+. The van der Waals surface area contributed by atoms with Crippen LogP contribution in [-0.2, 0) is 7.05 Å². The lowest BCUT2D eigenvalue weighted by Crippen LogP contribution is -2.01. The number of aryl methyl sites for hydroxylation is 1. The Kier molecular flexibility index (Phi) is 4.23. The molecule has 0 bridgehead atoms. The third kappa shape index (κ3) is 2.99. The maximum absolute atomic E-state index is 13.0. The van der Waals surface area contributed by atoms with Crippen molar-refractivity contribution in [1.29, 1.82) is 5.26 Å². The minimum absolute atomic E-state index is 0.0188. The molecule has 0 aliphatic heterocycles. The van der Waals surface area contributed by atoms with Crippen LogP contribution >= 0.6 is 11.6 Å². The van der Waals surface area contributed by atoms with Crippen LogP contribution in [0.5, 0.6) is 0 Å². The van der Waals surface area contributed by atoms with Gasteiger partial charge in [0, 0.05) is 40.7 Å². The fourth-order valence-corrected chi connectivity index (χ4v) is 3.38. The topological polar surface area (TPSA) is 58.7 Å². The molecule has 4 nitrogen and oxygen atoms in total. The number of nitrogens with zero attached hydrogens (tertiary/aromatic N) is 3. The van der Waals surface area contributed by atoms with E-state index in [-0.39, 0.29) is 16.5 Å². The number of halogens is 1. The fraction of sp³-hybridized carbons (Fsp3) is 0.0455. The van der Waals surface area contributed by atoms with Crippen LogP contribution in [0, 0.1) is 11.3 Å². The lowest BCUT2D eigenvalue weighted by Gasteiger charge is -2.03. The predicted molar refractivity (Wildman–Crippen MR) is 108 cm³/mol. The Morgan fingerprint density at radius 1 is 1.19 bits per heavy atom. The molecule has 0 amide bonds. The minimum atomic E-state index is -0.335. The Morgan fingerprint density at radius 2 is 1.93 bits per heavy atom. The SMILES string of the molecule is Cn1cc(C(=O)/C(C#N)=C/c2cc3ccccc3nc2Cl)c2ccccc21. The van der Waals surface area contributed by atoms with E-state index in [0.29, 0.717) is 11.1 Å². The molecule has 4 aromatic rings. The molecule has 0 aliphatic rings. The molecule has 0 saturated carbocycles. The Bertz CT molecular complexity index is 1280. The van der Waals surface area contributed by atoms with Crippen LogP contribution in [0.4, 0.5) is 0 Å². The number of pyridine rings is 1. The average Bonchev–Trinajstić information content (AvgIpc) is 3.03. The molecular formula is C22H14ClN3O. The van der Waals surface area contributed by atoms with Gasteiger partial charge in [0.1, 0.15) is 16.8 Å². The highest BCUT2D eigenvalue weighted by atomic mass is 35.5. The van der Waals surface area contributed by atoms with Gasteiger partial charge in [0.15, 0.2) is 0 Å². The quantitative estimate of drug-likeness (QED) is 0.216. The average molecular weight is 372 g/mol. The Morgan fingerprint density at radius 3 is 2.74 bits per heavy atom. The van der Waals surface area contributed by atoms with Crippen molar-refractivity contribution < 1.29 is 4.79 Å². The van der Waals surface area contributed by atoms with E-state index in [0.717, 1.165) is 21.8 Å². The fourth-order valence-electron chi connectivity index (χ4n) is 3.18. The summed E-state index contributed by atoms with van der Waals surface area (Å²) in [6, 6.07) is 19.0. The normalized spacial score (nSPS) is 11.7. The van der Waals surface area contributed by atoms with E-state index in [9.17, 15) is 10.1 Å². The van der Waals surface area contributed by atoms with E-state index in [1.165, 1.54) is 6.08 Å². The highest BCUT2D eigenvalue weighted by Gasteiger charge is 2.18. The number of fused-ring (bicyclic) bond motifs is 2. The van der Waals surface area contributed by atoms with Gasteiger partial charge in [0.2, 0.25) is 5.78 Å². The Labute approximate surface area is 160 Å². The van der Waals surface area contributed by atoms with Gasteiger partial charge < -0.3 is 4.57 Å². The highest BCUT2D eigenvalue weighted by Crippen LogP contribution is 2.26. The molecule has 130 valence electrons. The molecule has 0 N–H and O–H groups in total. The van der Waals surface area contributed by atoms with Crippen molar-refractivity contribution in [3.63, 3.8) is 0 Å². The van der Waals surface area contributed by atoms with Crippen molar-refractivity contribution in [2.75, 3.05) is 0 Å². The number of carbonyl (C=O) groups is 1. The highest BCUT2D eigenvalue weighted by molar-refractivity contribution is 6.31. The first-order valence-corrected chi connectivity index (χ1v) is 8.72. The number of benzene rings is 2. The first-order chi connectivity index (χ1) is 13.1. The smallest absolute Gasteiger partial charge is 0.205 e. The van der Waals surface area contributed by atoms with Gasteiger partial charge in [0.25, 0.3) is 0 Å². The number of Topliss-reactive ketones (excluding diaryl/α,β-unsaturated/α-hetero) is 1. The number of carbonyl (C=O) groups excluding carboxylic acids is 1. The van der Waals surface area contributed by atoms with Gasteiger partial charge in [0.05, 0.1) is 5.52 Å². The third-order valence-electron chi connectivity index (χ3n) is 4.51. The number of aromatic nitrogens is 2. The molecular weight excluding hydrogens is 358 g/mol. The number of ketones is 1. The zero-order valence-corrected chi connectivity index (χ0v) is 15.2. The van der Waals surface area contributed by atoms with Gasteiger partial charge in [-0.2, -0.15) is 5.26 Å². The summed E-state index contributed by atoms with van der Waals surface area (Å²) in [5.74, 6) is -0.335. The van der Waals surface area contributed by atoms with Crippen LogP contribution < -0.4 is 0 Å².